The van der Waals surface area contributed by atoms with Crippen molar-refractivity contribution in [3.05, 3.63) is 47.3 Å². The summed E-state index contributed by atoms with van der Waals surface area (Å²) in [5.74, 6) is 1.92. The van der Waals surface area contributed by atoms with Gasteiger partial charge in [0.2, 0.25) is 5.76 Å². The van der Waals surface area contributed by atoms with Crippen molar-refractivity contribution in [1.82, 2.24) is 15.4 Å². The largest absolute Gasteiger partial charge is 0.497 e. The van der Waals surface area contributed by atoms with Gasteiger partial charge in [0.05, 0.1) is 12.8 Å². The Bertz CT molecular complexity index is 850. The number of rotatable bonds is 6. The Morgan fingerprint density at radius 1 is 1.23 bits per heavy atom. The Hall–Kier alpha value is -2.34. The van der Waals surface area contributed by atoms with E-state index in [0.717, 1.165) is 50.3 Å². The van der Waals surface area contributed by atoms with Gasteiger partial charge in [-0.15, -0.1) is 0 Å². The number of aromatic nitrogens is 1. The summed E-state index contributed by atoms with van der Waals surface area (Å²) in [6.07, 6.45) is 6.86. The molecule has 2 aromatic rings. The van der Waals surface area contributed by atoms with Gasteiger partial charge in [0.25, 0.3) is 5.91 Å². The van der Waals surface area contributed by atoms with E-state index in [-0.39, 0.29) is 11.9 Å². The molecule has 30 heavy (non-hydrogen) atoms. The van der Waals surface area contributed by atoms with E-state index in [9.17, 15) is 4.79 Å². The van der Waals surface area contributed by atoms with E-state index in [0.29, 0.717) is 17.6 Å². The first kappa shape index (κ1) is 20.9. The molecule has 0 bridgehead atoms. The lowest BCUT2D eigenvalue weighted by Crippen LogP contribution is -2.40. The highest BCUT2D eigenvalue weighted by Gasteiger charge is 2.28. The van der Waals surface area contributed by atoms with Crippen LogP contribution >= 0.6 is 0 Å². The second-order valence-corrected chi connectivity index (χ2v) is 8.88. The molecule has 1 saturated carbocycles. The standard InChI is InChI=1S/C24H33N3O3/c1-17-7-3-4-11-21(17)25-24(28)23-14-22(26-30-23)19-9-6-12-27(16-19)15-18-8-5-10-20(13-18)29-2/h5,8,10,13-14,17,19,21H,3-4,6-7,9,11-12,15-16H2,1-2H3,(H,25,28)/t17-,19+,21+/m1/s1. The second-order valence-electron chi connectivity index (χ2n) is 8.88. The third-order valence-corrected chi connectivity index (χ3v) is 6.64. The molecular formula is C24H33N3O3. The molecule has 3 atom stereocenters. The minimum atomic E-state index is -0.128. The molecule has 6 heteroatoms. The molecule has 1 aliphatic carbocycles. The Balaban J connectivity index is 1.36. The molecule has 1 N–H and O–H groups in total. The van der Waals surface area contributed by atoms with Gasteiger partial charge >= 0.3 is 0 Å². The number of likely N-dealkylation sites (tertiary alicyclic amines) is 1. The topological polar surface area (TPSA) is 67.6 Å². The van der Waals surface area contributed by atoms with Crippen molar-refractivity contribution in [2.75, 3.05) is 20.2 Å². The lowest BCUT2D eigenvalue weighted by Gasteiger charge is -2.31. The lowest BCUT2D eigenvalue weighted by molar-refractivity contribution is 0.0872. The fraction of sp³-hybridized carbons (Fsp3) is 0.583. The van der Waals surface area contributed by atoms with Crippen molar-refractivity contribution in [3.63, 3.8) is 0 Å². The summed E-state index contributed by atoms with van der Waals surface area (Å²) in [6.45, 7) is 5.09. The predicted octanol–water partition coefficient (Wildman–Crippen LogP) is 4.37. The summed E-state index contributed by atoms with van der Waals surface area (Å²) in [5.41, 5.74) is 2.14. The third-order valence-electron chi connectivity index (χ3n) is 6.64. The SMILES string of the molecule is COc1cccc(CN2CCC[C@H](c3cc(C(=O)N[C@H]4CCCC[C@H]4C)on3)C2)c1. The van der Waals surface area contributed by atoms with Crippen LogP contribution in [-0.2, 0) is 6.54 Å². The fourth-order valence-corrected chi connectivity index (χ4v) is 4.83. The summed E-state index contributed by atoms with van der Waals surface area (Å²) >= 11 is 0. The molecule has 1 aromatic carbocycles. The van der Waals surface area contributed by atoms with Crippen LogP contribution in [0.15, 0.2) is 34.9 Å². The summed E-state index contributed by atoms with van der Waals surface area (Å²) in [5, 5.41) is 7.42. The first-order valence-electron chi connectivity index (χ1n) is 11.2. The molecule has 1 saturated heterocycles. The van der Waals surface area contributed by atoms with Crippen LogP contribution in [0, 0.1) is 5.92 Å². The maximum atomic E-state index is 12.7. The average Bonchev–Trinajstić information content (AvgIpc) is 3.26. The number of piperidine rings is 1. The van der Waals surface area contributed by atoms with E-state index < -0.39 is 0 Å². The molecule has 1 amide bonds. The van der Waals surface area contributed by atoms with Crippen LogP contribution < -0.4 is 10.1 Å². The van der Waals surface area contributed by atoms with Gasteiger partial charge in [0, 0.05) is 31.1 Å². The molecular weight excluding hydrogens is 378 g/mol. The van der Waals surface area contributed by atoms with Crippen molar-refractivity contribution in [2.45, 2.75) is 64.0 Å². The average molecular weight is 412 g/mol. The number of nitrogens with one attached hydrogen (secondary N) is 1. The molecule has 0 unspecified atom stereocenters. The lowest BCUT2D eigenvalue weighted by atomic mass is 9.86. The Labute approximate surface area is 179 Å². The summed E-state index contributed by atoms with van der Waals surface area (Å²) in [7, 11) is 1.70. The zero-order valence-corrected chi connectivity index (χ0v) is 18.1. The number of hydrogen-bond donors (Lipinski definition) is 1. The van der Waals surface area contributed by atoms with E-state index in [1.165, 1.54) is 24.8 Å². The van der Waals surface area contributed by atoms with Crippen LogP contribution in [0.1, 0.15) is 73.2 Å². The van der Waals surface area contributed by atoms with Gasteiger partial charge < -0.3 is 14.6 Å². The van der Waals surface area contributed by atoms with Gasteiger partial charge in [-0.3, -0.25) is 9.69 Å². The third kappa shape index (κ3) is 5.04. The van der Waals surface area contributed by atoms with Crippen molar-refractivity contribution < 1.29 is 14.1 Å². The minimum absolute atomic E-state index is 0.128. The van der Waals surface area contributed by atoms with Gasteiger partial charge in [-0.25, -0.2) is 0 Å². The molecule has 1 aliphatic heterocycles. The molecule has 2 heterocycles. The van der Waals surface area contributed by atoms with Crippen molar-refractivity contribution >= 4 is 5.91 Å². The van der Waals surface area contributed by atoms with Crippen LogP contribution in [-0.4, -0.2) is 42.2 Å². The molecule has 1 aromatic heterocycles. The van der Waals surface area contributed by atoms with Gasteiger partial charge in [-0.05, 0) is 55.8 Å². The van der Waals surface area contributed by atoms with Crippen LogP contribution in [0.3, 0.4) is 0 Å². The first-order chi connectivity index (χ1) is 14.6. The molecule has 4 rings (SSSR count). The highest BCUT2D eigenvalue weighted by atomic mass is 16.5. The summed E-state index contributed by atoms with van der Waals surface area (Å²) in [6, 6.07) is 10.3. The van der Waals surface area contributed by atoms with Crippen molar-refractivity contribution in [3.8, 4) is 5.75 Å². The summed E-state index contributed by atoms with van der Waals surface area (Å²) in [4.78, 5) is 15.1. The smallest absolute Gasteiger partial charge is 0.290 e. The zero-order chi connectivity index (χ0) is 20.9. The van der Waals surface area contributed by atoms with E-state index in [1.807, 2.05) is 18.2 Å². The number of ether oxygens (including phenoxy) is 1. The predicted molar refractivity (Wildman–Crippen MR) is 116 cm³/mol. The minimum Gasteiger partial charge on any atom is -0.497 e. The quantitative estimate of drug-likeness (QED) is 0.764. The molecule has 162 valence electrons. The second kappa shape index (κ2) is 9.65. The van der Waals surface area contributed by atoms with E-state index in [1.54, 1.807) is 7.11 Å². The Kier molecular flexibility index (Phi) is 6.72. The highest BCUT2D eigenvalue weighted by molar-refractivity contribution is 5.91. The Morgan fingerprint density at radius 2 is 2.10 bits per heavy atom. The highest BCUT2D eigenvalue weighted by Crippen LogP contribution is 2.28. The molecule has 2 aliphatic rings. The molecule has 2 fully saturated rings. The number of amides is 1. The molecule has 6 nitrogen and oxygen atoms in total. The fourth-order valence-electron chi connectivity index (χ4n) is 4.83. The number of nitrogens with zero attached hydrogens (tertiary/aromatic N) is 2. The number of benzene rings is 1. The van der Waals surface area contributed by atoms with Gasteiger partial charge in [0.15, 0.2) is 0 Å². The van der Waals surface area contributed by atoms with Crippen LogP contribution in [0.5, 0.6) is 5.75 Å². The van der Waals surface area contributed by atoms with E-state index >= 15 is 0 Å². The van der Waals surface area contributed by atoms with Crippen LogP contribution in [0.25, 0.3) is 0 Å². The van der Waals surface area contributed by atoms with Crippen LogP contribution in [0.2, 0.25) is 0 Å². The zero-order valence-electron chi connectivity index (χ0n) is 18.1. The van der Waals surface area contributed by atoms with Crippen molar-refractivity contribution in [1.29, 1.82) is 0 Å². The maximum Gasteiger partial charge on any atom is 0.290 e. The number of hydrogen-bond acceptors (Lipinski definition) is 5. The first-order valence-corrected chi connectivity index (χ1v) is 11.2. The number of carbonyl (C=O) groups is 1. The normalized spacial score (nSPS) is 25.1. The van der Waals surface area contributed by atoms with Crippen molar-refractivity contribution in [2.24, 2.45) is 5.92 Å². The van der Waals surface area contributed by atoms with E-state index in [2.05, 4.69) is 34.4 Å². The van der Waals surface area contributed by atoms with Gasteiger partial charge in [-0.2, -0.15) is 0 Å². The number of methoxy groups -OCH3 is 1. The molecule has 0 radical (unpaired) electrons. The maximum absolute atomic E-state index is 12.7. The van der Waals surface area contributed by atoms with Crippen LogP contribution in [0.4, 0.5) is 0 Å². The number of carbonyl (C=O) groups excluding carboxylic acids is 1. The Morgan fingerprint density at radius 3 is 2.93 bits per heavy atom. The monoisotopic (exact) mass is 411 g/mol. The van der Waals surface area contributed by atoms with E-state index in [4.69, 9.17) is 9.26 Å². The van der Waals surface area contributed by atoms with Gasteiger partial charge in [0.1, 0.15) is 5.75 Å². The molecule has 0 spiro atoms. The van der Waals surface area contributed by atoms with Gasteiger partial charge in [-0.1, -0.05) is 37.1 Å². The summed E-state index contributed by atoms with van der Waals surface area (Å²) < 4.78 is 10.8.